The molecule has 0 spiro atoms. The Morgan fingerprint density at radius 2 is 2.00 bits per heavy atom. The highest BCUT2D eigenvalue weighted by Gasteiger charge is 2.04. The van der Waals surface area contributed by atoms with Crippen molar-refractivity contribution in [1.82, 2.24) is 0 Å². The van der Waals surface area contributed by atoms with Gasteiger partial charge in [0.25, 0.3) is 0 Å². The molecule has 0 amide bonds. The number of nitrogens with two attached hydrogens (primary N) is 1. The van der Waals surface area contributed by atoms with E-state index in [0.29, 0.717) is 16.6 Å². The molecule has 0 unspecified atom stereocenters. The van der Waals surface area contributed by atoms with Crippen molar-refractivity contribution in [3.8, 4) is 0 Å². The summed E-state index contributed by atoms with van der Waals surface area (Å²) in [5, 5.41) is 4.04. The Kier molecular flexibility index (Phi) is 4.76. The van der Waals surface area contributed by atoms with Crippen LogP contribution in [0.15, 0.2) is 18.2 Å². The topological polar surface area (TPSA) is 38.0 Å². The molecule has 0 aliphatic rings. The molecular formula is C12H19ClN2. The van der Waals surface area contributed by atoms with E-state index < -0.39 is 0 Å². The molecule has 3 N–H and O–H groups in total. The van der Waals surface area contributed by atoms with Gasteiger partial charge in [-0.3, -0.25) is 0 Å². The van der Waals surface area contributed by atoms with Gasteiger partial charge >= 0.3 is 0 Å². The Bertz CT molecular complexity index is 308. The zero-order chi connectivity index (χ0) is 11.3. The van der Waals surface area contributed by atoms with Crippen molar-refractivity contribution in [3.63, 3.8) is 0 Å². The van der Waals surface area contributed by atoms with E-state index in [1.165, 1.54) is 12.8 Å². The maximum Gasteiger partial charge on any atom is 0.0575 e. The first-order chi connectivity index (χ1) is 7.17. The molecule has 0 fully saturated rings. The molecule has 2 nitrogen and oxygen atoms in total. The van der Waals surface area contributed by atoms with Crippen molar-refractivity contribution in [2.75, 3.05) is 17.6 Å². The number of anilines is 2. The van der Waals surface area contributed by atoms with Crippen LogP contribution in [0.3, 0.4) is 0 Å². The molecule has 0 aliphatic carbocycles. The third-order valence-electron chi connectivity index (χ3n) is 2.75. The van der Waals surface area contributed by atoms with Crippen molar-refractivity contribution >= 4 is 23.0 Å². The molecule has 0 radical (unpaired) electrons. The van der Waals surface area contributed by atoms with Crippen LogP contribution >= 0.6 is 11.6 Å². The van der Waals surface area contributed by atoms with Gasteiger partial charge in [0, 0.05) is 11.6 Å². The van der Waals surface area contributed by atoms with E-state index in [2.05, 4.69) is 19.2 Å². The molecular weight excluding hydrogens is 208 g/mol. The SMILES string of the molecule is CCC(CC)CNc1ccc(Cl)cc1N. The lowest BCUT2D eigenvalue weighted by Crippen LogP contribution is -2.13. The van der Waals surface area contributed by atoms with E-state index >= 15 is 0 Å². The van der Waals surface area contributed by atoms with Crippen LogP contribution in [-0.4, -0.2) is 6.54 Å². The van der Waals surface area contributed by atoms with Crippen molar-refractivity contribution < 1.29 is 0 Å². The number of hydrogen-bond donors (Lipinski definition) is 2. The summed E-state index contributed by atoms with van der Waals surface area (Å²) in [7, 11) is 0. The molecule has 84 valence electrons. The lowest BCUT2D eigenvalue weighted by Gasteiger charge is -2.15. The number of halogens is 1. The molecule has 1 rings (SSSR count). The van der Waals surface area contributed by atoms with Gasteiger partial charge in [-0.15, -0.1) is 0 Å². The fourth-order valence-corrected chi connectivity index (χ4v) is 1.71. The number of rotatable bonds is 5. The minimum absolute atomic E-state index is 0.681. The predicted octanol–water partition coefficient (Wildman–Crippen LogP) is 3.77. The highest BCUT2D eigenvalue weighted by molar-refractivity contribution is 6.31. The summed E-state index contributed by atoms with van der Waals surface area (Å²) in [5.41, 5.74) is 7.54. The van der Waals surface area contributed by atoms with E-state index in [4.69, 9.17) is 17.3 Å². The highest BCUT2D eigenvalue weighted by Crippen LogP contribution is 2.23. The molecule has 3 heteroatoms. The van der Waals surface area contributed by atoms with E-state index in [1.54, 1.807) is 6.07 Å². The fraction of sp³-hybridized carbons (Fsp3) is 0.500. The summed E-state index contributed by atoms with van der Waals surface area (Å²) in [6, 6.07) is 5.56. The van der Waals surface area contributed by atoms with Crippen molar-refractivity contribution in [2.45, 2.75) is 26.7 Å². The van der Waals surface area contributed by atoms with E-state index in [0.717, 1.165) is 12.2 Å². The van der Waals surface area contributed by atoms with Crippen LogP contribution in [0.25, 0.3) is 0 Å². The third kappa shape index (κ3) is 3.63. The maximum absolute atomic E-state index is 5.84. The second-order valence-electron chi connectivity index (χ2n) is 3.79. The van der Waals surface area contributed by atoms with Crippen LogP contribution in [0.2, 0.25) is 5.02 Å². The minimum atomic E-state index is 0.681. The molecule has 0 bridgehead atoms. The fourth-order valence-electron chi connectivity index (χ4n) is 1.53. The van der Waals surface area contributed by atoms with Gasteiger partial charge in [-0.2, -0.15) is 0 Å². The van der Waals surface area contributed by atoms with Crippen LogP contribution < -0.4 is 11.1 Å². The van der Waals surface area contributed by atoms with Crippen LogP contribution in [0.1, 0.15) is 26.7 Å². The van der Waals surface area contributed by atoms with Crippen LogP contribution in [-0.2, 0) is 0 Å². The molecule has 0 saturated heterocycles. The smallest absolute Gasteiger partial charge is 0.0575 e. The zero-order valence-electron chi connectivity index (χ0n) is 9.39. The average molecular weight is 227 g/mol. The molecule has 1 aromatic rings. The lowest BCUT2D eigenvalue weighted by molar-refractivity contribution is 0.519. The standard InChI is InChI=1S/C12H19ClN2/c1-3-9(4-2)8-15-12-6-5-10(13)7-11(12)14/h5-7,9,15H,3-4,8,14H2,1-2H3. The predicted molar refractivity (Wildman–Crippen MR) is 68.4 cm³/mol. The van der Waals surface area contributed by atoms with E-state index in [9.17, 15) is 0 Å². The van der Waals surface area contributed by atoms with Gasteiger partial charge in [0.05, 0.1) is 11.4 Å². The van der Waals surface area contributed by atoms with Crippen LogP contribution in [0.5, 0.6) is 0 Å². The number of benzene rings is 1. The monoisotopic (exact) mass is 226 g/mol. The molecule has 0 aliphatic heterocycles. The van der Waals surface area contributed by atoms with Gasteiger partial charge in [0.1, 0.15) is 0 Å². The molecule has 0 aromatic heterocycles. The van der Waals surface area contributed by atoms with E-state index in [-0.39, 0.29) is 0 Å². The van der Waals surface area contributed by atoms with Crippen molar-refractivity contribution in [2.24, 2.45) is 5.92 Å². The number of hydrogen-bond acceptors (Lipinski definition) is 2. The summed E-state index contributed by atoms with van der Waals surface area (Å²) in [5.74, 6) is 0.708. The summed E-state index contributed by atoms with van der Waals surface area (Å²) in [4.78, 5) is 0. The number of nitrogens with one attached hydrogen (secondary N) is 1. The van der Waals surface area contributed by atoms with Gasteiger partial charge in [-0.1, -0.05) is 38.3 Å². The van der Waals surface area contributed by atoms with Crippen molar-refractivity contribution in [1.29, 1.82) is 0 Å². The Morgan fingerprint density at radius 3 is 2.53 bits per heavy atom. The lowest BCUT2D eigenvalue weighted by atomic mass is 10.0. The summed E-state index contributed by atoms with van der Waals surface area (Å²) < 4.78 is 0. The summed E-state index contributed by atoms with van der Waals surface area (Å²) >= 11 is 5.83. The highest BCUT2D eigenvalue weighted by atomic mass is 35.5. The summed E-state index contributed by atoms with van der Waals surface area (Å²) in [6.07, 6.45) is 2.38. The average Bonchev–Trinajstić information content (AvgIpc) is 2.22. The quantitative estimate of drug-likeness (QED) is 0.751. The van der Waals surface area contributed by atoms with Gasteiger partial charge in [0.2, 0.25) is 0 Å². The molecule has 0 saturated carbocycles. The van der Waals surface area contributed by atoms with Crippen LogP contribution in [0.4, 0.5) is 11.4 Å². The Labute approximate surface area is 96.8 Å². The third-order valence-corrected chi connectivity index (χ3v) is 2.98. The van der Waals surface area contributed by atoms with Crippen LogP contribution in [0, 0.1) is 5.92 Å². The zero-order valence-corrected chi connectivity index (χ0v) is 10.1. The first-order valence-corrected chi connectivity index (χ1v) is 5.84. The molecule has 15 heavy (non-hydrogen) atoms. The first-order valence-electron chi connectivity index (χ1n) is 5.46. The number of nitrogen functional groups attached to an aromatic ring is 1. The second-order valence-corrected chi connectivity index (χ2v) is 4.23. The van der Waals surface area contributed by atoms with Gasteiger partial charge in [-0.05, 0) is 24.1 Å². The second kappa shape index (κ2) is 5.86. The normalized spacial score (nSPS) is 10.7. The van der Waals surface area contributed by atoms with Gasteiger partial charge in [-0.25, -0.2) is 0 Å². The first kappa shape index (κ1) is 12.2. The van der Waals surface area contributed by atoms with Crippen molar-refractivity contribution in [3.05, 3.63) is 23.2 Å². The molecule has 0 atom stereocenters. The largest absolute Gasteiger partial charge is 0.397 e. The molecule has 1 aromatic carbocycles. The maximum atomic E-state index is 5.84. The van der Waals surface area contributed by atoms with E-state index in [1.807, 2.05) is 12.1 Å². The summed E-state index contributed by atoms with van der Waals surface area (Å²) in [6.45, 7) is 5.39. The Morgan fingerprint density at radius 1 is 1.33 bits per heavy atom. The molecule has 0 heterocycles. The van der Waals surface area contributed by atoms with Gasteiger partial charge in [0.15, 0.2) is 0 Å². The Balaban J connectivity index is 2.57. The van der Waals surface area contributed by atoms with Gasteiger partial charge < -0.3 is 11.1 Å². The Hall–Kier alpha value is -0.890. The minimum Gasteiger partial charge on any atom is -0.397 e.